The molecule has 240 valence electrons. The van der Waals surface area contributed by atoms with Gasteiger partial charge in [0.2, 0.25) is 5.91 Å². The number of carbonyl (C=O) groups is 2. The van der Waals surface area contributed by atoms with E-state index in [4.69, 9.17) is 14.5 Å². The molecule has 0 bridgehead atoms. The molecular weight excluding hydrogens is 568 g/mol. The Morgan fingerprint density at radius 3 is 2.52 bits per heavy atom. The number of carbonyl (C=O) groups excluding carboxylic acids is 2. The predicted molar refractivity (Wildman–Crippen MR) is 164 cm³/mol. The molecule has 0 aliphatic carbocycles. The minimum atomic E-state index is -0.620. The number of benzene rings is 1. The number of piperazine rings is 1. The molecule has 3 aliphatic heterocycles. The minimum Gasteiger partial charge on any atom is -0.444 e. The number of ether oxygens (including phenoxy) is 2. The van der Waals surface area contributed by atoms with Gasteiger partial charge in [-0.2, -0.15) is 0 Å². The highest BCUT2D eigenvalue weighted by molar-refractivity contribution is 5.97. The highest BCUT2D eigenvalue weighted by atomic mass is 19.1. The Morgan fingerprint density at radius 2 is 1.84 bits per heavy atom. The summed E-state index contributed by atoms with van der Waals surface area (Å²) in [5, 5.41) is 0. The molecule has 2 aromatic rings. The Kier molecular flexibility index (Phi) is 9.30. The van der Waals surface area contributed by atoms with Gasteiger partial charge in [-0.3, -0.25) is 19.6 Å². The molecule has 0 radical (unpaired) electrons. The van der Waals surface area contributed by atoms with Crippen molar-refractivity contribution in [1.29, 1.82) is 0 Å². The Hall–Kier alpha value is -3.15. The lowest BCUT2D eigenvalue weighted by atomic mass is 9.91. The van der Waals surface area contributed by atoms with Crippen LogP contribution in [0.15, 0.2) is 30.5 Å². The van der Waals surface area contributed by atoms with Crippen LogP contribution in [-0.4, -0.2) is 108 Å². The van der Waals surface area contributed by atoms with Crippen LogP contribution in [0.3, 0.4) is 0 Å². The first-order chi connectivity index (χ1) is 20.7. The standard InChI is InChI=1S/C33H45F2N5O4/c1-22-17-38(26(18-37-9-11-43-12-10-37)19-39(22)31(42)44-32(2,3)4)20-29(41)40-21-33(5,6)30-28(40)14-23(16-36-30)13-24-7-8-25(34)15-27(24)35/h7-8,14-16,22,26H,9-13,17-21H2,1-6H3/t22-,26+/m1/s1. The van der Waals surface area contributed by atoms with E-state index < -0.39 is 17.2 Å². The summed E-state index contributed by atoms with van der Waals surface area (Å²) in [6.07, 6.45) is 1.61. The molecule has 2 saturated heterocycles. The lowest BCUT2D eigenvalue weighted by Gasteiger charge is -2.47. The zero-order valence-corrected chi connectivity index (χ0v) is 26.7. The predicted octanol–water partition coefficient (Wildman–Crippen LogP) is 4.22. The van der Waals surface area contributed by atoms with Gasteiger partial charge in [0.1, 0.15) is 17.2 Å². The second-order valence-electron chi connectivity index (χ2n) is 14.0. The number of fused-ring (bicyclic) bond motifs is 1. The summed E-state index contributed by atoms with van der Waals surface area (Å²) in [6, 6.07) is 5.27. The van der Waals surface area contributed by atoms with Crippen LogP contribution in [0.25, 0.3) is 0 Å². The number of hydrogen-bond acceptors (Lipinski definition) is 7. The number of rotatable bonds is 6. The number of nitrogens with zero attached hydrogens (tertiary/aromatic N) is 5. The molecule has 11 heteroatoms. The van der Waals surface area contributed by atoms with Crippen molar-refractivity contribution in [2.45, 2.75) is 71.1 Å². The lowest BCUT2D eigenvalue weighted by molar-refractivity contribution is -0.121. The van der Waals surface area contributed by atoms with Crippen molar-refractivity contribution in [1.82, 2.24) is 19.7 Å². The van der Waals surface area contributed by atoms with Gasteiger partial charge in [0.05, 0.1) is 31.1 Å². The highest BCUT2D eigenvalue weighted by Crippen LogP contribution is 2.40. The summed E-state index contributed by atoms with van der Waals surface area (Å²) < 4.78 is 39.1. The largest absolute Gasteiger partial charge is 0.444 e. The second-order valence-corrected chi connectivity index (χ2v) is 14.0. The maximum atomic E-state index is 14.4. The fourth-order valence-electron chi connectivity index (χ4n) is 6.37. The number of hydrogen-bond donors (Lipinski definition) is 0. The van der Waals surface area contributed by atoms with E-state index in [1.165, 1.54) is 12.1 Å². The number of pyridine rings is 1. The van der Waals surface area contributed by atoms with E-state index in [1.54, 1.807) is 16.0 Å². The van der Waals surface area contributed by atoms with Crippen molar-refractivity contribution in [2.24, 2.45) is 0 Å². The van der Waals surface area contributed by atoms with Gasteiger partial charge < -0.3 is 19.3 Å². The van der Waals surface area contributed by atoms with Gasteiger partial charge in [-0.25, -0.2) is 13.6 Å². The first kappa shape index (κ1) is 32.2. The van der Waals surface area contributed by atoms with Gasteiger partial charge in [0.15, 0.2) is 0 Å². The van der Waals surface area contributed by atoms with Gasteiger partial charge >= 0.3 is 6.09 Å². The molecule has 9 nitrogen and oxygen atoms in total. The summed E-state index contributed by atoms with van der Waals surface area (Å²) in [5.41, 5.74) is 1.70. The Morgan fingerprint density at radius 1 is 1.11 bits per heavy atom. The van der Waals surface area contributed by atoms with Crippen LogP contribution in [-0.2, 0) is 26.1 Å². The van der Waals surface area contributed by atoms with Crippen LogP contribution < -0.4 is 4.90 Å². The average Bonchev–Trinajstić information content (AvgIpc) is 3.21. The van der Waals surface area contributed by atoms with E-state index in [9.17, 15) is 18.4 Å². The van der Waals surface area contributed by atoms with E-state index in [0.29, 0.717) is 45.0 Å². The third-order valence-electron chi connectivity index (χ3n) is 8.61. The van der Waals surface area contributed by atoms with Gasteiger partial charge in [0, 0.05) is 75.5 Å². The molecule has 0 N–H and O–H groups in total. The van der Waals surface area contributed by atoms with Crippen LogP contribution >= 0.6 is 0 Å². The summed E-state index contributed by atoms with van der Waals surface area (Å²) in [4.78, 5) is 40.0. The van der Waals surface area contributed by atoms with Crippen LogP contribution in [0.5, 0.6) is 0 Å². The van der Waals surface area contributed by atoms with Crippen LogP contribution in [0.1, 0.15) is 58.4 Å². The minimum absolute atomic E-state index is 0.0476. The van der Waals surface area contributed by atoms with Crippen LogP contribution in [0.4, 0.5) is 19.3 Å². The summed E-state index contributed by atoms with van der Waals surface area (Å²) in [6.45, 7) is 17.0. The SMILES string of the molecule is C[C@@H]1CN(CC(=O)N2CC(C)(C)c3ncc(Cc4ccc(F)cc4F)cc32)[C@@H](CN2CCOCC2)CN1C(=O)OC(C)(C)C. The molecule has 0 unspecified atom stereocenters. The van der Waals surface area contributed by atoms with E-state index in [1.807, 2.05) is 33.8 Å². The Bertz CT molecular complexity index is 1370. The van der Waals surface area contributed by atoms with E-state index in [2.05, 4.69) is 23.6 Å². The molecule has 0 spiro atoms. The maximum Gasteiger partial charge on any atom is 0.410 e. The van der Waals surface area contributed by atoms with Gasteiger partial charge in [-0.05, 0) is 51.0 Å². The van der Waals surface area contributed by atoms with Gasteiger partial charge in [-0.15, -0.1) is 0 Å². The van der Waals surface area contributed by atoms with Crippen molar-refractivity contribution in [2.75, 3.05) is 63.9 Å². The molecule has 2 amide bonds. The van der Waals surface area contributed by atoms with Crippen molar-refractivity contribution >= 4 is 17.7 Å². The smallest absolute Gasteiger partial charge is 0.410 e. The molecule has 3 aliphatic rings. The van der Waals surface area contributed by atoms with Gasteiger partial charge in [0.25, 0.3) is 0 Å². The molecular formula is C33H45F2N5O4. The molecule has 2 fully saturated rings. The molecule has 4 heterocycles. The normalized spacial score (nSPS) is 22.6. The van der Waals surface area contributed by atoms with Crippen LogP contribution in [0, 0.1) is 11.6 Å². The first-order valence-corrected chi connectivity index (χ1v) is 15.5. The van der Waals surface area contributed by atoms with Crippen LogP contribution in [0.2, 0.25) is 0 Å². The lowest BCUT2D eigenvalue weighted by Crippen LogP contribution is -2.63. The fraction of sp³-hybridized carbons (Fsp3) is 0.606. The maximum absolute atomic E-state index is 14.4. The molecule has 1 aromatic heterocycles. The fourth-order valence-corrected chi connectivity index (χ4v) is 6.37. The van der Waals surface area contributed by atoms with Gasteiger partial charge in [-0.1, -0.05) is 19.9 Å². The molecule has 1 aromatic carbocycles. The number of halogens is 2. The second kappa shape index (κ2) is 12.7. The van der Waals surface area contributed by atoms with E-state index >= 15 is 0 Å². The number of amides is 2. The van der Waals surface area contributed by atoms with Crippen molar-refractivity contribution in [3.63, 3.8) is 0 Å². The summed E-state index contributed by atoms with van der Waals surface area (Å²) in [7, 11) is 0. The topological polar surface area (TPSA) is 78.5 Å². The number of anilines is 1. The zero-order valence-electron chi connectivity index (χ0n) is 26.7. The summed E-state index contributed by atoms with van der Waals surface area (Å²) in [5.74, 6) is -1.27. The average molecular weight is 614 g/mol. The molecule has 0 saturated carbocycles. The molecule has 5 rings (SSSR count). The highest BCUT2D eigenvalue weighted by Gasteiger charge is 2.42. The number of aromatic nitrogens is 1. The first-order valence-electron chi connectivity index (χ1n) is 15.5. The van der Waals surface area contributed by atoms with Crippen molar-refractivity contribution in [3.05, 3.63) is 58.9 Å². The van der Waals surface area contributed by atoms with Crippen molar-refractivity contribution in [3.8, 4) is 0 Å². The van der Waals surface area contributed by atoms with E-state index in [0.717, 1.165) is 36.1 Å². The zero-order chi connectivity index (χ0) is 31.8. The molecule has 44 heavy (non-hydrogen) atoms. The van der Waals surface area contributed by atoms with Crippen molar-refractivity contribution < 1.29 is 27.8 Å². The third kappa shape index (κ3) is 7.38. The van der Waals surface area contributed by atoms with E-state index in [-0.39, 0.29) is 42.5 Å². The summed E-state index contributed by atoms with van der Waals surface area (Å²) >= 11 is 0. The number of morpholine rings is 1. The Labute approximate surface area is 259 Å². The molecule has 2 atom stereocenters. The Balaban J connectivity index is 1.36. The third-order valence-corrected chi connectivity index (χ3v) is 8.61. The monoisotopic (exact) mass is 613 g/mol. The quantitative estimate of drug-likeness (QED) is 0.483.